The number of carbonyl (C=O) groups excluding carboxylic acids is 1. The number of piperidine rings is 2. The van der Waals surface area contributed by atoms with E-state index in [9.17, 15) is 27.2 Å². The number of carbonyl (C=O) groups is 2. The van der Waals surface area contributed by atoms with Crippen molar-refractivity contribution in [2.45, 2.75) is 44.0 Å². The van der Waals surface area contributed by atoms with Crippen molar-refractivity contribution in [3.8, 4) is 5.75 Å². The van der Waals surface area contributed by atoms with Gasteiger partial charge in [-0.1, -0.05) is 0 Å². The van der Waals surface area contributed by atoms with E-state index >= 15 is 0 Å². The molecule has 2 heterocycles. The fraction of sp³-hybridized carbons (Fsp3) is 0.440. The van der Waals surface area contributed by atoms with Crippen LogP contribution in [0.3, 0.4) is 0 Å². The second-order valence-corrected chi connectivity index (χ2v) is 9.01. The highest BCUT2D eigenvalue weighted by atomic mass is 19.4. The minimum absolute atomic E-state index is 0.0364. The summed E-state index contributed by atoms with van der Waals surface area (Å²) in [6.07, 6.45) is -3.50. The molecule has 36 heavy (non-hydrogen) atoms. The number of hydrogen-bond acceptors (Lipinski definition) is 4. The van der Waals surface area contributed by atoms with Gasteiger partial charge in [0, 0.05) is 56.3 Å². The van der Waals surface area contributed by atoms with Crippen LogP contribution >= 0.6 is 0 Å². The third kappa shape index (κ3) is 6.19. The Hall–Kier alpha value is -3.50. The smallest absolute Gasteiger partial charge is 0.416 e. The second kappa shape index (κ2) is 10.6. The van der Waals surface area contributed by atoms with E-state index in [4.69, 9.17) is 9.84 Å². The Labute approximate surface area is 205 Å². The van der Waals surface area contributed by atoms with Crippen molar-refractivity contribution in [2.75, 3.05) is 31.1 Å². The van der Waals surface area contributed by atoms with Crippen molar-refractivity contribution >= 4 is 17.7 Å². The van der Waals surface area contributed by atoms with E-state index in [1.165, 1.54) is 29.2 Å². The van der Waals surface area contributed by atoms with E-state index in [1.807, 2.05) is 4.90 Å². The highest BCUT2D eigenvalue weighted by molar-refractivity contribution is 5.94. The number of halogens is 4. The molecule has 2 N–H and O–H groups in total. The molecule has 194 valence electrons. The topological polar surface area (TPSA) is 82.1 Å². The number of rotatable bonds is 5. The van der Waals surface area contributed by atoms with Crippen LogP contribution in [0.15, 0.2) is 42.5 Å². The number of nitrogens with zero attached hydrogens (tertiary/aromatic N) is 2. The van der Waals surface area contributed by atoms with Gasteiger partial charge in [-0.15, -0.1) is 0 Å². The Morgan fingerprint density at radius 2 is 1.58 bits per heavy atom. The Balaban J connectivity index is 1.27. The Bertz CT molecular complexity index is 1080. The lowest BCUT2D eigenvalue weighted by molar-refractivity contribution is -0.137. The van der Waals surface area contributed by atoms with Gasteiger partial charge in [0.15, 0.2) is 11.6 Å². The van der Waals surface area contributed by atoms with Gasteiger partial charge < -0.3 is 25.0 Å². The average molecular weight is 510 g/mol. The maximum Gasteiger partial charge on any atom is 0.416 e. The number of amides is 2. The van der Waals surface area contributed by atoms with E-state index in [-0.39, 0.29) is 23.5 Å². The van der Waals surface area contributed by atoms with Crippen molar-refractivity contribution in [1.29, 1.82) is 0 Å². The van der Waals surface area contributed by atoms with Gasteiger partial charge >= 0.3 is 12.3 Å². The first-order valence-corrected chi connectivity index (χ1v) is 11.8. The molecule has 4 rings (SSSR count). The zero-order valence-corrected chi connectivity index (χ0v) is 19.4. The molecule has 7 nitrogen and oxygen atoms in total. The van der Waals surface area contributed by atoms with Crippen LogP contribution in [0.5, 0.6) is 5.75 Å². The number of alkyl halides is 3. The van der Waals surface area contributed by atoms with Crippen LogP contribution in [-0.4, -0.2) is 60.3 Å². The standard InChI is InChI=1S/C25H27F4N3O4/c26-21-15-16(23(33)30-18-7-11-32(12-8-18)24(34)35)1-6-22(21)36-20-9-13-31(14-10-20)19-4-2-17(3-5-19)25(27,28)29/h1-6,15,18,20H,7-14H2,(H,30,33)(H,34,35). The molecule has 2 aliphatic rings. The SMILES string of the molecule is O=C(NC1CCN(C(=O)O)CC1)c1ccc(OC2CCN(c3ccc(C(F)(F)F)cc3)CC2)c(F)c1. The molecule has 11 heteroatoms. The number of nitrogens with one attached hydrogen (secondary N) is 1. The Morgan fingerprint density at radius 3 is 2.14 bits per heavy atom. The number of carboxylic acid groups (broad SMARTS) is 1. The van der Waals surface area contributed by atoms with E-state index in [1.54, 1.807) is 0 Å². The predicted octanol–water partition coefficient (Wildman–Crippen LogP) is 4.76. The molecule has 0 spiro atoms. The fourth-order valence-electron chi connectivity index (χ4n) is 4.49. The minimum Gasteiger partial charge on any atom is -0.487 e. The maximum absolute atomic E-state index is 14.7. The Kier molecular flexibility index (Phi) is 7.56. The highest BCUT2D eigenvalue weighted by Crippen LogP contribution is 2.31. The van der Waals surface area contributed by atoms with Crippen LogP contribution in [0.1, 0.15) is 41.6 Å². The van der Waals surface area contributed by atoms with Crippen LogP contribution < -0.4 is 15.0 Å². The van der Waals surface area contributed by atoms with E-state index in [0.717, 1.165) is 18.2 Å². The third-order valence-electron chi connectivity index (χ3n) is 6.59. The molecule has 2 fully saturated rings. The third-order valence-corrected chi connectivity index (χ3v) is 6.59. The lowest BCUT2D eigenvalue weighted by Gasteiger charge is -2.34. The molecule has 0 saturated carbocycles. The molecular weight excluding hydrogens is 482 g/mol. The predicted molar refractivity (Wildman–Crippen MR) is 124 cm³/mol. The van der Waals surface area contributed by atoms with Crippen molar-refractivity contribution in [1.82, 2.24) is 10.2 Å². The second-order valence-electron chi connectivity index (χ2n) is 9.01. The summed E-state index contributed by atoms with van der Waals surface area (Å²) in [5.41, 5.74) is 0.148. The van der Waals surface area contributed by atoms with Crippen molar-refractivity contribution < 1.29 is 37.0 Å². The van der Waals surface area contributed by atoms with E-state index in [0.29, 0.717) is 57.5 Å². The van der Waals surface area contributed by atoms with Crippen LogP contribution in [0.4, 0.5) is 28.0 Å². The van der Waals surface area contributed by atoms with E-state index < -0.39 is 29.6 Å². The van der Waals surface area contributed by atoms with Gasteiger partial charge in [-0.2, -0.15) is 13.2 Å². The molecule has 0 aromatic heterocycles. The van der Waals surface area contributed by atoms with Crippen molar-refractivity contribution in [3.05, 3.63) is 59.4 Å². The van der Waals surface area contributed by atoms with Gasteiger partial charge in [0.05, 0.1) is 5.56 Å². The molecule has 2 amide bonds. The largest absolute Gasteiger partial charge is 0.487 e. The molecule has 2 aliphatic heterocycles. The molecule has 2 aromatic carbocycles. The molecule has 0 atom stereocenters. The first kappa shape index (κ1) is 25.6. The molecule has 0 unspecified atom stereocenters. The van der Waals surface area contributed by atoms with Gasteiger partial charge in [0.2, 0.25) is 0 Å². The number of anilines is 1. The quantitative estimate of drug-likeness (QED) is 0.568. The lowest BCUT2D eigenvalue weighted by Crippen LogP contribution is -2.46. The number of likely N-dealkylation sites (tertiary alicyclic amines) is 1. The summed E-state index contributed by atoms with van der Waals surface area (Å²) in [6.45, 7) is 1.77. The summed E-state index contributed by atoms with van der Waals surface area (Å²) in [6, 6.07) is 8.85. The summed E-state index contributed by atoms with van der Waals surface area (Å²) < 4.78 is 58.8. The number of benzene rings is 2. The molecule has 0 bridgehead atoms. The normalized spacial score (nSPS) is 17.7. The van der Waals surface area contributed by atoms with Gasteiger partial charge in [-0.05, 0) is 55.3 Å². The Morgan fingerprint density at radius 1 is 0.944 bits per heavy atom. The summed E-state index contributed by atoms with van der Waals surface area (Å²) in [4.78, 5) is 26.8. The summed E-state index contributed by atoms with van der Waals surface area (Å²) in [5.74, 6) is -1.05. The van der Waals surface area contributed by atoms with Gasteiger partial charge in [-0.3, -0.25) is 4.79 Å². The highest BCUT2D eigenvalue weighted by Gasteiger charge is 2.30. The van der Waals surface area contributed by atoms with Gasteiger partial charge in [-0.25, -0.2) is 9.18 Å². The molecule has 0 radical (unpaired) electrons. The molecule has 2 aromatic rings. The minimum atomic E-state index is -4.38. The molecule has 0 aliphatic carbocycles. The number of ether oxygens (including phenoxy) is 1. The monoisotopic (exact) mass is 509 g/mol. The van der Waals surface area contributed by atoms with Crippen molar-refractivity contribution in [2.24, 2.45) is 0 Å². The molecular formula is C25H27F4N3O4. The zero-order chi connectivity index (χ0) is 25.9. The zero-order valence-electron chi connectivity index (χ0n) is 19.4. The number of hydrogen-bond donors (Lipinski definition) is 2. The average Bonchev–Trinajstić information content (AvgIpc) is 2.85. The summed E-state index contributed by atoms with van der Waals surface area (Å²) in [7, 11) is 0. The first-order valence-electron chi connectivity index (χ1n) is 11.8. The van der Waals surface area contributed by atoms with Gasteiger partial charge in [0.25, 0.3) is 5.91 Å². The van der Waals surface area contributed by atoms with Crippen LogP contribution in [0.2, 0.25) is 0 Å². The first-order chi connectivity index (χ1) is 17.1. The lowest BCUT2D eigenvalue weighted by atomic mass is 10.0. The van der Waals surface area contributed by atoms with Crippen LogP contribution in [-0.2, 0) is 6.18 Å². The maximum atomic E-state index is 14.7. The fourth-order valence-corrected chi connectivity index (χ4v) is 4.49. The molecule has 2 saturated heterocycles. The van der Waals surface area contributed by atoms with E-state index in [2.05, 4.69) is 5.32 Å². The van der Waals surface area contributed by atoms with Crippen LogP contribution in [0.25, 0.3) is 0 Å². The summed E-state index contributed by atoms with van der Waals surface area (Å²) in [5, 5.41) is 11.8. The van der Waals surface area contributed by atoms with Crippen LogP contribution in [0, 0.1) is 5.82 Å². The van der Waals surface area contributed by atoms with Crippen molar-refractivity contribution in [3.63, 3.8) is 0 Å². The summed E-state index contributed by atoms with van der Waals surface area (Å²) >= 11 is 0. The van der Waals surface area contributed by atoms with Gasteiger partial charge in [0.1, 0.15) is 6.10 Å².